The molecule has 184 valence electrons. The summed E-state index contributed by atoms with van der Waals surface area (Å²) in [6.07, 6.45) is 2.41. The van der Waals surface area contributed by atoms with Crippen LogP contribution in [0.15, 0.2) is 61.2 Å². The molecule has 1 fully saturated rings. The highest BCUT2D eigenvalue weighted by Gasteiger charge is 2.43. The largest absolute Gasteiger partial charge is 0.480 e. The second kappa shape index (κ2) is 11.0. The van der Waals surface area contributed by atoms with Gasteiger partial charge in [0, 0.05) is 11.7 Å². The number of hydrogen-bond acceptors (Lipinski definition) is 5. The monoisotopic (exact) mass is 494 g/mol. The summed E-state index contributed by atoms with van der Waals surface area (Å²) in [6.45, 7) is 5.76. The lowest BCUT2D eigenvalue weighted by atomic mass is 9.98. The minimum absolute atomic E-state index is 0.0914. The van der Waals surface area contributed by atoms with Crippen LogP contribution in [0.25, 0.3) is 11.1 Å². The van der Waals surface area contributed by atoms with Crippen LogP contribution in [0.5, 0.6) is 0 Å². The van der Waals surface area contributed by atoms with Crippen molar-refractivity contribution in [2.24, 2.45) is 0 Å². The van der Waals surface area contributed by atoms with Crippen molar-refractivity contribution in [3.8, 4) is 11.1 Å². The summed E-state index contributed by atoms with van der Waals surface area (Å²) in [7, 11) is 0. The molecule has 2 aromatic rings. The van der Waals surface area contributed by atoms with E-state index in [1.54, 1.807) is 6.08 Å². The summed E-state index contributed by atoms with van der Waals surface area (Å²) in [6, 6.07) is 14.3. The summed E-state index contributed by atoms with van der Waals surface area (Å²) >= 11 is 1.45. The number of carbonyl (C=O) groups excluding carboxylic acids is 2. The zero-order chi connectivity index (χ0) is 24.9. The van der Waals surface area contributed by atoms with Gasteiger partial charge in [-0.1, -0.05) is 61.5 Å². The molecule has 1 heterocycles. The first-order valence-corrected chi connectivity index (χ1v) is 12.9. The molecule has 2 amide bonds. The number of benzene rings is 2. The Hall–Kier alpha value is -3.26. The van der Waals surface area contributed by atoms with Crippen LogP contribution >= 0.6 is 11.8 Å². The molecule has 1 saturated heterocycles. The Morgan fingerprint density at radius 2 is 1.80 bits per heavy atom. The molecule has 0 spiro atoms. The van der Waals surface area contributed by atoms with Crippen LogP contribution in [0.2, 0.25) is 0 Å². The van der Waals surface area contributed by atoms with Gasteiger partial charge in [0.1, 0.15) is 18.7 Å². The number of carboxylic acid groups (broad SMARTS) is 1. The molecule has 7 nitrogen and oxygen atoms in total. The molecule has 2 aromatic carbocycles. The Morgan fingerprint density at radius 1 is 1.17 bits per heavy atom. The average molecular weight is 495 g/mol. The molecule has 1 aliphatic carbocycles. The zero-order valence-corrected chi connectivity index (χ0v) is 20.5. The lowest BCUT2D eigenvalue weighted by Crippen LogP contribution is -2.54. The number of alkyl carbamates (subject to hydrolysis) is 1. The lowest BCUT2D eigenvalue weighted by Gasteiger charge is -2.30. The van der Waals surface area contributed by atoms with Crippen LogP contribution in [0, 0.1) is 0 Å². The fourth-order valence-electron chi connectivity index (χ4n) is 4.87. The van der Waals surface area contributed by atoms with Crippen LogP contribution in [-0.2, 0) is 14.3 Å². The molecule has 0 aromatic heterocycles. The summed E-state index contributed by atoms with van der Waals surface area (Å²) < 4.78 is 5.62. The molecule has 3 atom stereocenters. The molecule has 3 unspecified atom stereocenters. The van der Waals surface area contributed by atoms with Gasteiger partial charge in [-0.05, 0) is 41.5 Å². The van der Waals surface area contributed by atoms with E-state index in [9.17, 15) is 19.5 Å². The Balaban J connectivity index is 1.46. The molecule has 4 rings (SSSR count). The van der Waals surface area contributed by atoms with Crippen molar-refractivity contribution in [2.45, 2.75) is 49.6 Å². The van der Waals surface area contributed by atoms with Crippen LogP contribution in [0.1, 0.15) is 43.2 Å². The molecule has 0 saturated carbocycles. The van der Waals surface area contributed by atoms with Crippen LogP contribution < -0.4 is 5.32 Å². The Labute approximate surface area is 209 Å². The van der Waals surface area contributed by atoms with Crippen LogP contribution in [-0.4, -0.2) is 57.8 Å². The van der Waals surface area contributed by atoms with E-state index >= 15 is 0 Å². The third-order valence-electron chi connectivity index (χ3n) is 6.57. The first-order valence-electron chi connectivity index (χ1n) is 11.8. The second-order valence-corrected chi connectivity index (χ2v) is 9.90. The number of nitrogens with one attached hydrogen (secondary N) is 1. The Morgan fingerprint density at radius 3 is 2.37 bits per heavy atom. The maximum Gasteiger partial charge on any atom is 0.407 e. The summed E-state index contributed by atoms with van der Waals surface area (Å²) in [4.78, 5) is 39.4. The smallest absolute Gasteiger partial charge is 0.407 e. The van der Waals surface area contributed by atoms with E-state index in [2.05, 4.69) is 24.0 Å². The van der Waals surface area contributed by atoms with Gasteiger partial charge in [-0.3, -0.25) is 4.79 Å². The lowest BCUT2D eigenvalue weighted by molar-refractivity contribution is -0.150. The third kappa shape index (κ3) is 5.07. The first-order chi connectivity index (χ1) is 17.0. The van der Waals surface area contributed by atoms with Crippen molar-refractivity contribution in [1.82, 2.24) is 10.2 Å². The van der Waals surface area contributed by atoms with Crippen molar-refractivity contribution >= 4 is 29.7 Å². The fraction of sp³-hybridized carbons (Fsp3) is 0.370. The number of allylic oxidation sites excluding steroid dienone is 1. The van der Waals surface area contributed by atoms with E-state index in [4.69, 9.17) is 4.74 Å². The zero-order valence-electron chi connectivity index (χ0n) is 19.7. The number of hydrogen-bond donors (Lipinski definition) is 2. The minimum Gasteiger partial charge on any atom is -0.480 e. The number of ether oxygens (including phenoxy) is 1. The van der Waals surface area contributed by atoms with E-state index in [1.165, 1.54) is 16.7 Å². The van der Waals surface area contributed by atoms with Gasteiger partial charge in [-0.25, -0.2) is 9.59 Å². The average Bonchev–Trinajstić information content (AvgIpc) is 3.44. The molecule has 0 bridgehead atoms. The van der Waals surface area contributed by atoms with Crippen LogP contribution in [0.4, 0.5) is 4.79 Å². The summed E-state index contributed by atoms with van der Waals surface area (Å²) in [5, 5.41) is 12.1. The van der Waals surface area contributed by atoms with Gasteiger partial charge < -0.3 is 20.1 Å². The van der Waals surface area contributed by atoms with Gasteiger partial charge in [0.05, 0.1) is 5.37 Å². The van der Waals surface area contributed by atoms with Crippen molar-refractivity contribution in [2.75, 3.05) is 12.4 Å². The van der Waals surface area contributed by atoms with E-state index in [-0.39, 0.29) is 17.9 Å². The SMILES string of the molecule is C=CCCC(NC(=O)OCC1c2ccccc2-c2ccccc21)C(=O)N1C(CC)SCC1C(=O)O. The first kappa shape index (κ1) is 24.9. The van der Waals surface area contributed by atoms with Gasteiger partial charge in [0.2, 0.25) is 5.91 Å². The molecule has 1 aliphatic heterocycles. The van der Waals surface area contributed by atoms with Crippen molar-refractivity contribution in [3.63, 3.8) is 0 Å². The Bertz CT molecular complexity index is 1070. The van der Waals surface area contributed by atoms with Crippen molar-refractivity contribution in [3.05, 3.63) is 72.3 Å². The van der Waals surface area contributed by atoms with E-state index < -0.39 is 30.1 Å². The van der Waals surface area contributed by atoms with Gasteiger partial charge >= 0.3 is 12.1 Å². The number of fused-ring (bicyclic) bond motifs is 3. The van der Waals surface area contributed by atoms with Crippen molar-refractivity contribution < 1.29 is 24.2 Å². The van der Waals surface area contributed by atoms with E-state index in [1.807, 2.05) is 43.3 Å². The molecule has 35 heavy (non-hydrogen) atoms. The number of carboxylic acids is 1. The highest BCUT2D eigenvalue weighted by atomic mass is 32.2. The highest BCUT2D eigenvalue weighted by Crippen LogP contribution is 2.44. The van der Waals surface area contributed by atoms with Gasteiger partial charge in [0.15, 0.2) is 0 Å². The molecule has 2 aliphatic rings. The standard InChI is InChI=1S/C27H30N2O5S/c1-3-5-14-22(25(30)29-23(26(31)32)16-35-24(29)4-2)28-27(33)34-15-21-19-12-8-6-10-17(19)18-11-7-9-13-20(18)21/h3,6-13,21-24H,1,4-5,14-16H2,2H3,(H,28,33)(H,31,32). The minimum atomic E-state index is -1.04. The molecular weight excluding hydrogens is 464 g/mol. The number of rotatable bonds is 9. The number of thioether (sulfide) groups is 1. The topological polar surface area (TPSA) is 95.9 Å². The normalized spacial score (nSPS) is 19.5. The van der Waals surface area contributed by atoms with Gasteiger partial charge in [-0.15, -0.1) is 18.3 Å². The van der Waals surface area contributed by atoms with Gasteiger partial charge in [-0.2, -0.15) is 0 Å². The number of carbonyl (C=O) groups is 3. The molecule has 8 heteroatoms. The number of aliphatic carboxylic acids is 1. The predicted octanol–water partition coefficient (Wildman–Crippen LogP) is 4.62. The molecular formula is C27H30N2O5S. The molecule has 2 N–H and O–H groups in total. The predicted molar refractivity (Wildman–Crippen MR) is 136 cm³/mol. The fourth-order valence-corrected chi connectivity index (χ4v) is 6.22. The van der Waals surface area contributed by atoms with E-state index in [0.717, 1.165) is 22.3 Å². The van der Waals surface area contributed by atoms with E-state index in [0.29, 0.717) is 25.0 Å². The quantitative estimate of drug-likeness (QED) is 0.494. The maximum atomic E-state index is 13.4. The Kier molecular flexibility index (Phi) is 7.80. The second-order valence-electron chi connectivity index (χ2n) is 8.68. The highest BCUT2D eigenvalue weighted by molar-refractivity contribution is 8.00. The van der Waals surface area contributed by atoms with Gasteiger partial charge in [0.25, 0.3) is 0 Å². The third-order valence-corrected chi connectivity index (χ3v) is 8.03. The number of nitrogens with zero attached hydrogens (tertiary/aromatic N) is 1. The van der Waals surface area contributed by atoms with Crippen molar-refractivity contribution in [1.29, 1.82) is 0 Å². The molecule has 0 radical (unpaired) electrons. The summed E-state index contributed by atoms with van der Waals surface area (Å²) in [5.41, 5.74) is 4.47. The van der Waals surface area contributed by atoms with Crippen LogP contribution in [0.3, 0.4) is 0 Å². The summed E-state index contributed by atoms with van der Waals surface area (Å²) in [5.74, 6) is -1.19. The number of amides is 2. The maximum absolute atomic E-state index is 13.4.